The van der Waals surface area contributed by atoms with Gasteiger partial charge in [0.2, 0.25) is 11.9 Å². The van der Waals surface area contributed by atoms with Crippen molar-refractivity contribution in [2.24, 2.45) is 5.92 Å². The second-order valence-corrected chi connectivity index (χ2v) is 7.13. The fraction of sp³-hybridized carbons (Fsp3) is 0.500. The third kappa shape index (κ3) is 4.77. The van der Waals surface area contributed by atoms with E-state index in [1.54, 1.807) is 6.20 Å². The van der Waals surface area contributed by atoms with Gasteiger partial charge in [0.25, 0.3) is 0 Å². The smallest absolute Gasteiger partial charge is 0.225 e. The first kappa shape index (κ1) is 18.3. The molecular formula is C20H27N5O. The average molecular weight is 353 g/mol. The van der Waals surface area contributed by atoms with E-state index in [4.69, 9.17) is 0 Å². The minimum absolute atomic E-state index is 0.0625. The second-order valence-electron chi connectivity index (χ2n) is 7.13. The summed E-state index contributed by atoms with van der Waals surface area (Å²) < 4.78 is 0. The Morgan fingerprint density at radius 1 is 1.23 bits per heavy atom. The molecule has 0 aliphatic carbocycles. The molecule has 138 valence electrons. The summed E-state index contributed by atoms with van der Waals surface area (Å²) in [4.78, 5) is 28.0. The van der Waals surface area contributed by atoms with Crippen LogP contribution in [-0.2, 0) is 4.79 Å². The van der Waals surface area contributed by atoms with E-state index in [9.17, 15) is 4.79 Å². The number of carbonyl (C=O) groups is 1. The zero-order valence-corrected chi connectivity index (χ0v) is 15.8. The van der Waals surface area contributed by atoms with E-state index in [2.05, 4.69) is 25.2 Å². The first-order chi connectivity index (χ1) is 12.5. The van der Waals surface area contributed by atoms with Crippen LogP contribution in [0.4, 0.5) is 5.95 Å². The van der Waals surface area contributed by atoms with Crippen LogP contribution < -0.4 is 10.2 Å². The monoisotopic (exact) mass is 353 g/mol. The number of piperidine rings is 1. The van der Waals surface area contributed by atoms with Gasteiger partial charge in [-0.25, -0.2) is 9.97 Å². The number of nitrogens with one attached hydrogen (secondary N) is 1. The molecule has 3 rings (SSSR count). The molecule has 2 aromatic heterocycles. The van der Waals surface area contributed by atoms with Gasteiger partial charge in [-0.05, 0) is 57.7 Å². The molecule has 1 aliphatic heterocycles. The Kier molecular flexibility index (Phi) is 5.81. The minimum Gasteiger partial charge on any atom is -0.348 e. The molecule has 0 spiro atoms. The Bertz CT molecular complexity index is 721. The number of carbonyl (C=O) groups excluding carboxylic acids is 1. The van der Waals surface area contributed by atoms with Crippen molar-refractivity contribution in [2.45, 2.75) is 46.1 Å². The molecule has 1 fully saturated rings. The van der Waals surface area contributed by atoms with Crippen molar-refractivity contribution in [1.82, 2.24) is 20.3 Å². The summed E-state index contributed by atoms with van der Waals surface area (Å²) in [5, 5.41) is 3.06. The predicted molar refractivity (Wildman–Crippen MR) is 102 cm³/mol. The number of amides is 1. The largest absolute Gasteiger partial charge is 0.348 e. The lowest BCUT2D eigenvalue weighted by Gasteiger charge is -2.32. The number of anilines is 1. The highest BCUT2D eigenvalue weighted by atomic mass is 16.1. The summed E-state index contributed by atoms with van der Waals surface area (Å²) in [5.74, 6) is 1.33. The van der Waals surface area contributed by atoms with E-state index in [0.29, 0.717) is 12.3 Å². The van der Waals surface area contributed by atoms with Gasteiger partial charge in [0.15, 0.2) is 0 Å². The van der Waals surface area contributed by atoms with Gasteiger partial charge in [-0.2, -0.15) is 0 Å². The lowest BCUT2D eigenvalue weighted by Crippen LogP contribution is -2.37. The Balaban J connectivity index is 1.48. The standard InChI is InChI=1S/C20H27N5O/c1-14-12-15(2)23-20(22-14)25-10-7-17(8-11-25)13-19(26)24-16(3)18-6-4-5-9-21-18/h4-6,9,12,16-17H,7-8,10-11,13H2,1-3H3,(H,24,26). The van der Waals surface area contributed by atoms with Crippen molar-refractivity contribution in [3.05, 3.63) is 47.5 Å². The van der Waals surface area contributed by atoms with Crippen molar-refractivity contribution in [2.75, 3.05) is 18.0 Å². The molecular weight excluding hydrogens is 326 g/mol. The molecule has 1 aliphatic rings. The molecule has 6 heteroatoms. The molecule has 1 atom stereocenters. The summed E-state index contributed by atoms with van der Waals surface area (Å²) in [6, 6.07) is 7.69. The molecule has 2 aromatic rings. The van der Waals surface area contributed by atoms with Gasteiger partial charge in [-0.1, -0.05) is 6.07 Å². The van der Waals surface area contributed by atoms with Crippen molar-refractivity contribution < 1.29 is 4.79 Å². The molecule has 0 saturated carbocycles. The molecule has 1 amide bonds. The van der Waals surface area contributed by atoms with Gasteiger partial charge in [0, 0.05) is 37.1 Å². The fourth-order valence-corrected chi connectivity index (χ4v) is 3.45. The van der Waals surface area contributed by atoms with Crippen LogP contribution in [0, 0.1) is 19.8 Å². The number of hydrogen-bond donors (Lipinski definition) is 1. The van der Waals surface area contributed by atoms with Gasteiger partial charge < -0.3 is 10.2 Å². The van der Waals surface area contributed by atoms with Crippen LogP contribution in [0.3, 0.4) is 0 Å². The normalized spacial score (nSPS) is 16.3. The zero-order valence-electron chi connectivity index (χ0n) is 15.8. The highest BCUT2D eigenvalue weighted by Gasteiger charge is 2.24. The Morgan fingerprint density at radius 3 is 2.54 bits per heavy atom. The molecule has 0 bridgehead atoms. The van der Waals surface area contributed by atoms with Gasteiger partial charge in [0.05, 0.1) is 11.7 Å². The van der Waals surface area contributed by atoms with Crippen LogP contribution in [0.1, 0.15) is 49.3 Å². The molecule has 3 heterocycles. The van der Waals surface area contributed by atoms with Crippen LogP contribution in [0.2, 0.25) is 0 Å². The maximum absolute atomic E-state index is 12.4. The van der Waals surface area contributed by atoms with Crippen molar-refractivity contribution in [1.29, 1.82) is 0 Å². The quantitative estimate of drug-likeness (QED) is 0.895. The number of rotatable bonds is 5. The molecule has 1 unspecified atom stereocenters. The lowest BCUT2D eigenvalue weighted by atomic mass is 9.93. The number of aromatic nitrogens is 3. The van der Waals surface area contributed by atoms with Gasteiger partial charge >= 0.3 is 0 Å². The minimum atomic E-state index is -0.0625. The van der Waals surface area contributed by atoms with E-state index >= 15 is 0 Å². The Labute approximate surface area is 155 Å². The van der Waals surface area contributed by atoms with Gasteiger partial charge in [-0.3, -0.25) is 9.78 Å². The topological polar surface area (TPSA) is 71.0 Å². The highest BCUT2D eigenvalue weighted by molar-refractivity contribution is 5.76. The molecule has 6 nitrogen and oxygen atoms in total. The van der Waals surface area contributed by atoms with Crippen LogP contribution >= 0.6 is 0 Å². The van der Waals surface area contributed by atoms with E-state index < -0.39 is 0 Å². The lowest BCUT2D eigenvalue weighted by molar-refractivity contribution is -0.122. The van der Waals surface area contributed by atoms with E-state index in [0.717, 1.165) is 49.0 Å². The number of hydrogen-bond acceptors (Lipinski definition) is 5. The second kappa shape index (κ2) is 8.25. The first-order valence-electron chi connectivity index (χ1n) is 9.29. The SMILES string of the molecule is Cc1cc(C)nc(N2CCC(CC(=O)NC(C)c3ccccn3)CC2)n1. The fourth-order valence-electron chi connectivity index (χ4n) is 3.45. The van der Waals surface area contributed by atoms with Crippen LogP contribution in [0.5, 0.6) is 0 Å². The van der Waals surface area contributed by atoms with E-state index in [-0.39, 0.29) is 11.9 Å². The summed E-state index contributed by atoms with van der Waals surface area (Å²) in [6.07, 6.45) is 4.30. The van der Waals surface area contributed by atoms with Gasteiger partial charge in [-0.15, -0.1) is 0 Å². The van der Waals surface area contributed by atoms with Crippen LogP contribution in [0.15, 0.2) is 30.5 Å². The molecule has 1 N–H and O–H groups in total. The number of pyridine rings is 1. The third-order valence-electron chi connectivity index (χ3n) is 4.85. The molecule has 0 aromatic carbocycles. The van der Waals surface area contributed by atoms with Crippen molar-refractivity contribution >= 4 is 11.9 Å². The highest BCUT2D eigenvalue weighted by Crippen LogP contribution is 2.24. The Hall–Kier alpha value is -2.50. The molecule has 0 radical (unpaired) electrons. The van der Waals surface area contributed by atoms with Crippen molar-refractivity contribution in [3.63, 3.8) is 0 Å². The predicted octanol–water partition coefficient (Wildman–Crippen LogP) is 2.97. The first-order valence-corrected chi connectivity index (χ1v) is 9.29. The van der Waals surface area contributed by atoms with E-state index in [1.165, 1.54) is 0 Å². The Morgan fingerprint density at radius 2 is 1.92 bits per heavy atom. The summed E-state index contributed by atoms with van der Waals surface area (Å²) >= 11 is 0. The van der Waals surface area contributed by atoms with Crippen molar-refractivity contribution in [3.8, 4) is 0 Å². The van der Waals surface area contributed by atoms with Crippen LogP contribution in [0.25, 0.3) is 0 Å². The number of aryl methyl sites for hydroxylation is 2. The molecule has 26 heavy (non-hydrogen) atoms. The maximum Gasteiger partial charge on any atom is 0.225 e. The third-order valence-corrected chi connectivity index (χ3v) is 4.85. The average Bonchev–Trinajstić information content (AvgIpc) is 2.62. The van der Waals surface area contributed by atoms with Crippen LogP contribution in [-0.4, -0.2) is 33.9 Å². The summed E-state index contributed by atoms with van der Waals surface area (Å²) in [6.45, 7) is 7.77. The summed E-state index contributed by atoms with van der Waals surface area (Å²) in [7, 11) is 0. The summed E-state index contributed by atoms with van der Waals surface area (Å²) in [5.41, 5.74) is 2.89. The maximum atomic E-state index is 12.4. The number of nitrogens with zero attached hydrogens (tertiary/aromatic N) is 4. The van der Waals surface area contributed by atoms with Gasteiger partial charge in [0.1, 0.15) is 0 Å². The van der Waals surface area contributed by atoms with E-state index in [1.807, 2.05) is 45.0 Å². The zero-order chi connectivity index (χ0) is 18.5. The molecule has 1 saturated heterocycles.